The Labute approximate surface area is 73.7 Å². The molecule has 1 N–H and O–H groups in total. The van der Waals surface area contributed by atoms with Crippen LogP contribution in [-0.2, 0) is 9.47 Å². The van der Waals surface area contributed by atoms with Crippen LogP contribution >= 0.6 is 0 Å². The molecule has 0 amide bonds. The molecule has 0 rings (SSSR count). The first-order chi connectivity index (χ1) is 5.74. The summed E-state index contributed by atoms with van der Waals surface area (Å²) >= 11 is 0. The van der Waals surface area contributed by atoms with Gasteiger partial charge in [0.05, 0.1) is 0 Å². The van der Waals surface area contributed by atoms with Crippen LogP contribution in [0.25, 0.3) is 0 Å². The van der Waals surface area contributed by atoms with Gasteiger partial charge in [-0.05, 0) is 13.8 Å². The molecule has 3 nitrogen and oxygen atoms in total. The van der Waals surface area contributed by atoms with Crippen LogP contribution in [0.4, 0.5) is 0 Å². The minimum Gasteiger partial charge on any atom is -0.380 e. The number of aliphatic hydroxyl groups excluding tert-OH is 1. The highest BCUT2D eigenvalue weighted by atomic mass is 16.7. The Morgan fingerprint density at radius 1 is 1.33 bits per heavy atom. The molecule has 0 spiro atoms. The summed E-state index contributed by atoms with van der Waals surface area (Å²) in [5.41, 5.74) is 0. The third kappa shape index (κ3) is 5.14. The van der Waals surface area contributed by atoms with Gasteiger partial charge in [-0.3, -0.25) is 0 Å². The molecule has 0 aliphatic rings. The molecule has 0 aromatic rings. The predicted octanol–water partition coefficient (Wildman–Crippen LogP) is 0.770. The van der Waals surface area contributed by atoms with E-state index in [1.54, 1.807) is 0 Å². The summed E-state index contributed by atoms with van der Waals surface area (Å²) in [5.74, 6) is 2.21. The lowest BCUT2D eigenvalue weighted by atomic mass is 10.2. The van der Waals surface area contributed by atoms with Crippen LogP contribution < -0.4 is 0 Å². The van der Waals surface area contributed by atoms with Crippen LogP contribution in [0.2, 0.25) is 0 Å². The van der Waals surface area contributed by atoms with Crippen LogP contribution in [0.5, 0.6) is 0 Å². The lowest BCUT2D eigenvalue weighted by Crippen LogP contribution is -2.23. The van der Waals surface area contributed by atoms with Gasteiger partial charge in [-0.1, -0.05) is 5.92 Å². The average molecular weight is 172 g/mol. The van der Waals surface area contributed by atoms with Gasteiger partial charge >= 0.3 is 0 Å². The van der Waals surface area contributed by atoms with Gasteiger partial charge in [-0.2, -0.15) is 0 Å². The van der Waals surface area contributed by atoms with Crippen molar-refractivity contribution in [3.8, 4) is 12.3 Å². The topological polar surface area (TPSA) is 38.7 Å². The SMILES string of the molecule is C#CC(O)CC(OCC)OCC. The van der Waals surface area contributed by atoms with E-state index in [1.165, 1.54) is 0 Å². The predicted molar refractivity (Wildman–Crippen MR) is 46.5 cm³/mol. The molecule has 0 saturated heterocycles. The molecule has 0 radical (unpaired) electrons. The second-order valence-corrected chi connectivity index (χ2v) is 2.26. The molecule has 0 aliphatic heterocycles. The molecule has 0 aromatic heterocycles. The number of hydrogen-bond donors (Lipinski definition) is 1. The molecule has 0 bridgehead atoms. The Kier molecular flexibility index (Phi) is 6.78. The van der Waals surface area contributed by atoms with Gasteiger partial charge in [-0.25, -0.2) is 0 Å². The van der Waals surface area contributed by atoms with E-state index in [4.69, 9.17) is 21.0 Å². The van der Waals surface area contributed by atoms with Crippen molar-refractivity contribution in [3.63, 3.8) is 0 Å². The molecular formula is C9H16O3. The van der Waals surface area contributed by atoms with Gasteiger partial charge in [0, 0.05) is 19.6 Å². The van der Waals surface area contributed by atoms with Crippen molar-refractivity contribution in [2.45, 2.75) is 32.7 Å². The van der Waals surface area contributed by atoms with E-state index in [0.717, 1.165) is 0 Å². The minimum absolute atomic E-state index is 0.332. The summed E-state index contributed by atoms with van der Waals surface area (Å²) in [6.07, 6.45) is 4.17. The fourth-order valence-electron chi connectivity index (χ4n) is 0.806. The lowest BCUT2D eigenvalue weighted by molar-refractivity contribution is -0.148. The second kappa shape index (κ2) is 7.11. The van der Waals surface area contributed by atoms with Crippen LogP contribution in [-0.4, -0.2) is 30.7 Å². The van der Waals surface area contributed by atoms with Gasteiger partial charge in [0.25, 0.3) is 0 Å². The molecule has 70 valence electrons. The maximum absolute atomic E-state index is 9.09. The molecule has 12 heavy (non-hydrogen) atoms. The lowest BCUT2D eigenvalue weighted by Gasteiger charge is -2.17. The fraction of sp³-hybridized carbons (Fsp3) is 0.778. The Hall–Kier alpha value is -0.560. The Morgan fingerprint density at radius 3 is 2.17 bits per heavy atom. The van der Waals surface area contributed by atoms with Crippen molar-refractivity contribution < 1.29 is 14.6 Å². The van der Waals surface area contributed by atoms with E-state index in [2.05, 4.69) is 5.92 Å². The second-order valence-electron chi connectivity index (χ2n) is 2.26. The Balaban J connectivity index is 3.70. The third-order valence-corrected chi connectivity index (χ3v) is 1.31. The Bertz CT molecular complexity index is 133. The van der Waals surface area contributed by atoms with Crippen molar-refractivity contribution in [1.29, 1.82) is 0 Å². The summed E-state index contributed by atoms with van der Waals surface area (Å²) in [5, 5.41) is 9.09. The van der Waals surface area contributed by atoms with Crippen LogP contribution in [0.1, 0.15) is 20.3 Å². The maximum Gasteiger partial charge on any atom is 0.160 e. The Morgan fingerprint density at radius 2 is 1.83 bits per heavy atom. The van der Waals surface area contributed by atoms with Crippen molar-refractivity contribution in [2.75, 3.05) is 13.2 Å². The molecule has 0 aliphatic carbocycles. The molecule has 0 heterocycles. The summed E-state index contributed by atoms with van der Waals surface area (Å²) < 4.78 is 10.4. The zero-order valence-corrected chi connectivity index (χ0v) is 7.62. The van der Waals surface area contributed by atoms with Crippen molar-refractivity contribution in [1.82, 2.24) is 0 Å². The van der Waals surface area contributed by atoms with E-state index >= 15 is 0 Å². The van der Waals surface area contributed by atoms with Crippen molar-refractivity contribution in [3.05, 3.63) is 0 Å². The normalized spacial score (nSPS) is 12.9. The largest absolute Gasteiger partial charge is 0.380 e. The molecule has 0 fully saturated rings. The van der Waals surface area contributed by atoms with E-state index in [1.807, 2.05) is 13.8 Å². The van der Waals surface area contributed by atoms with Gasteiger partial charge in [0.15, 0.2) is 6.29 Å². The van der Waals surface area contributed by atoms with Crippen molar-refractivity contribution in [2.24, 2.45) is 0 Å². The third-order valence-electron chi connectivity index (χ3n) is 1.31. The number of hydrogen-bond acceptors (Lipinski definition) is 3. The molecule has 1 unspecified atom stereocenters. The molecule has 3 heteroatoms. The summed E-state index contributed by atoms with van der Waals surface area (Å²) in [4.78, 5) is 0. The quantitative estimate of drug-likeness (QED) is 0.475. The first-order valence-electron chi connectivity index (χ1n) is 4.12. The molecular weight excluding hydrogens is 156 g/mol. The van der Waals surface area contributed by atoms with E-state index in [-0.39, 0.29) is 6.29 Å². The van der Waals surface area contributed by atoms with Gasteiger partial charge in [0.1, 0.15) is 6.10 Å². The van der Waals surface area contributed by atoms with Gasteiger partial charge < -0.3 is 14.6 Å². The van der Waals surface area contributed by atoms with Gasteiger partial charge in [-0.15, -0.1) is 6.42 Å². The van der Waals surface area contributed by atoms with Crippen LogP contribution in [0.3, 0.4) is 0 Å². The van der Waals surface area contributed by atoms with Crippen LogP contribution in [0, 0.1) is 12.3 Å². The zero-order valence-electron chi connectivity index (χ0n) is 7.62. The number of rotatable bonds is 6. The maximum atomic E-state index is 9.09. The molecule has 0 aromatic carbocycles. The summed E-state index contributed by atoms with van der Waals surface area (Å²) in [6.45, 7) is 4.85. The highest BCUT2D eigenvalue weighted by molar-refractivity contribution is 4.93. The van der Waals surface area contributed by atoms with Gasteiger partial charge in [0.2, 0.25) is 0 Å². The monoisotopic (exact) mass is 172 g/mol. The molecule has 0 saturated carbocycles. The zero-order chi connectivity index (χ0) is 9.40. The minimum atomic E-state index is -0.784. The standard InChI is InChI=1S/C9H16O3/c1-4-8(10)7-9(11-5-2)12-6-3/h1,8-10H,5-7H2,2-3H3. The number of ether oxygens (including phenoxy) is 2. The summed E-state index contributed by atoms with van der Waals surface area (Å²) in [7, 11) is 0. The fourth-order valence-corrected chi connectivity index (χ4v) is 0.806. The molecule has 1 atom stereocenters. The number of terminal acetylenes is 1. The van der Waals surface area contributed by atoms with E-state index in [0.29, 0.717) is 19.6 Å². The first-order valence-corrected chi connectivity index (χ1v) is 4.12. The summed E-state index contributed by atoms with van der Waals surface area (Å²) in [6, 6.07) is 0. The number of aliphatic hydroxyl groups is 1. The first kappa shape index (κ1) is 11.4. The van der Waals surface area contributed by atoms with Crippen LogP contribution in [0.15, 0.2) is 0 Å². The van der Waals surface area contributed by atoms with E-state index < -0.39 is 6.10 Å². The highest BCUT2D eigenvalue weighted by Crippen LogP contribution is 2.04. The van der Waals surface area contributed by atoms with Crippen molar-refractivity contribution >= 4 is 0 Å². The highest BCUT2D eigenvalue weighted by Gasteiger charge is 2.12. The average Bonchev–Trinajstić information content (AvgIpc) is 2.05. The smallest absolute Gasteiger partial charge is 0.160 e. The van der Waals surface area contributed by atoms with E-state index in [9.17, 15) is 0 Å².